The zero-order valence-electron chi connectivity index (χ0n) is 8.84. The predicted octanol–water partition coefficient (Wildman–Crippen LogP) is 1.04. The van der Waals surface area contributed by atoms with Gasteiger partial charge in [-0.25, -0.2) is 0 Å². The minimum Gasteiger partial charge on any atom is -0.381 e. The van der Waals surface area contributed by atoms with E-state index in [1.165, 1.54) is 25.8 Å². The molecular weight excluding hydrogens is 178 g/mol. The summed E-state index contributed by atoms with van der Waals surface area (Å²) in [4.78, 5) is 0. The summed E-state index contributed by atoms with van der Waals surface area (Å²) in [6.45, 7) is 5.75. The Bertz CT molecular complexity index is 153. The summed E-state index contributed by atoms with van der Waals surface area (Å²) in [6, 6.07) is 0. The van der Waals surface area contributed by atoms with E-state index in [1.54, 1.807) is 0 Å². The molecule has 0 amide bonds. The summed E-state index contributed by atoms with van der Waals surface area (Å²) in [5.41, 5.74) is 0. The first kappa shape index (κ1) is 10.4. The third kappa shape index (κ3) is 3.95. The minimum absolute atomic E-state index is 0.651. The largest absolute Gasteiger partial charge is 0.381 e. The Balaban J connectivity index is 1.35. The molecule has 1 heterocycles. The van der Waals surface area contributed by atoms with Crippen LogP contribution >= 0.6 is 0 Å². The number of nitrogens with one attached hydrogen (secondary N) is 1. The lowest BCUT2D eigenvalue weighted by Gasteiger charge is -2.09. The van der Waals surface area contributed by atoms with Crippen LogP contribution in [0.3, 0.4) is 0 Å². The Morgan fingerprint density at radius 1 is 1.21 bits per heavy atom. The van der Waals surface area contributed by atoms with Crippen molar-refractivity contribution >= 4 is 0 Å². The summed E-state index contributed by atoms with van der Waals surface area (Å²) in [7, 11) is 0. The molecule has 1 saturated carbocycles. The topological polar surface area (TPSA) is 30.5 Å². The number of rotatable bonds is 7. The lowest BCUT2D eigenvalue weighted by atomic mass is 10.1. The molecule has 82 valence electrons. The molecule has 0 radical (unpaired) electrons. The van der Waals surface area contributed by atoms with Gasteiger partial charge in [0.1, 0.15) is 0 Å². The first-order chi connectivity index (χ1) is 6.95. The van der Waals surface area contributed by atoms with Crippen LogP contribution in [0.4, 0.5) is 0 Å². The van der Waals surface area contributed by atoms with Crippen molar-refractivity contribution < 1.29 is 9.47 Å². The van der Waals surface area contributed by atoms with E-state index in [0.717, 1.165) is 38.9 Å². The molecule has 1 atom stereocenters. The highest BCUT2D eigenvalue weighted by Gasteiger charge is 2.20. The fourth-order valence-corrected chi connectivity index (χ4v) is 1.74. The maximum Gasteiger partial charge on any atom is 0.0591 e. The number of hydrogen-bond acceptors (Lipinski definition) is 3. The number of hydrogen-bond donors (Lipinski definition) is 1. The lowest BCUT2D eigenvalue weighted by Crippen LogP contribution is -2.23. The van der Waals surface area contributed by atoms with E-state index in [9.17, 15) is 0 Å². The van der Waals surface area contributed by atoms with Gasteiger partial charge >= 0.3 is 0 Å². The molecule has 1 unspecified atom stereocenters. The fraction of sp³-hybridized carbons (Fsp3) is 1.00. The smallest absolute Gasteiger partial charge is 0.0591 e. The van der Waals surface area contributed by atoms with Crippen LogP contribution in [0, 0.1) is 11.8 Å². The Morgan fingerprint density at radius 2 is 2.14 bits per heavy atom. The summed E-state index contributed by atoms with van der Waals surface area (Å²) in [5, 5.41) is 3.42. The van der Waals surface area contributed by atoms with Gasteiger partial charge in [0.2, 0.25) is 0 Å². The third-order valence-corrected chi connectivity index (χ3v) is 2.93. The summed E-state index contributed by atoms with van der Waals surface area (Å²) >= 11 is 0. The van der Waals surface area contributed by atoms with Crippen LogP contribution < -0.4 is 5.32 Å². The minimum atomic E-state index is 0.651. The van der Waals surface area contributed by atoms with E-state index in [4.69, 9.17) is 9.47 Å². The molecule has 14 heavy (non-hydrogen) atoms. The summed E-state index contributed by atoms with van der Waals surface area (Å²) in [5.74, 6) is 1.62. The Hall–Kier alpha value is -0.120. The zero-order valence-corrected chi connectivity index (χ0v) is 8.84. The van der Waals surface area contributed by atoms with Crippen LogP contribution in [0.15, 0.2) is 0 Å². The highest BCUT2D eigenvalue weighted by Crippen LogP contribution is 2.27. The van der Waals surface area contributed by atoms with Crippen molar-refractivity contribution in [1.82, 2.24) is 5.32 Å². The molecule has 0 spiro atoms. The Morgan fingerprint density at radius 3 is 2.86 bits per heavy atom. The van der Waals surface area contributed by atoms with Crippen LogP contribution in [-0.2, 0) is 9.47 Å². The molecular formula is C11H21NO2. The molecule has 1 aliphatic heterocycles. The van der Waals surface area contributed by atoms with Gasteiger partial charge in [0.25, 0.3) is 0 Å². The van der Waals surface area contributed by atoms with Crippen LogP contribution in [0.25, 0.3) is 0 Å². The molecule has 0 bridgehead atoms. The molecule has 2 fully saturated rings. The zero-order chi connectivity index (χ0) is 9.64. The van der Waals surface area contributed by atoms with E-state index in [2.05, 4.69) is 5.32 Å². The summed E-state index contributed by atoms with van der Waals surface area (Å²) in [6.07, 6.45) is 4.02. The molecule has 3 nitrogen and oxygen atoms in total. The van der Waals surface area contributed by atoms with Crippen molar-refractivity contribution in [3.05, 3.63) is 0 Å². The Kier molecular flexibility index (Phi) is 4.22. The van der Waals surface area contributed by atoms with Gasteiger partial charge in [-0.2, -0.15) is 0 Å². The van der Waals surface area contributed by atoms with Gasteiger partial charge in [-0.05, 0) is 31.7 Å². The van der Waals surface area contributed by atoms with Crippen LogP contribution in [0.1, 0.15) is 19.3 Å². The van der Waals surface area contributed by atoms with Crippen LogP contribution in [-0.4, -0.2) is 39.5 Å². The standard InChI is InChI=1S/C11H21NO2/c1-2-10(1)7-12-4-6-14-9-11-3-5-13-8-11/h10-12H,1-9H2. The van der Waals surface area contributed by atoms with Crippen molar-refractivity contribution in [2.75, 3.05) is 39.5 Å². The van der Waals surface area contributed by atoms with Crippen LogP contribution in [0.5, 0.6) is 0 Å². The van der Waals surface area contributed by atoms with E-state index in [0.29, 0.717) is 5.92 Å². The van der Waals surface area contributed by atoms with Crippen molar-refractivity contribution in [2.45, 2.75) is 19.3 Å². The molecule has 1 N–H and O–H groups in total. The van der Waals surface area contributed by atoms with E-state index < -0.39 is 0 Å². The van der Waals surface area contributed by atoms with Gasteiger partial charge in [0, 0.05) is 19.1 Å². The van der Waals surface area contributed by atoms with Crippen LogP contribution in [0.2, 0.25) is 0 Å². The highest BCUT2D eigenvalue weighted by atomic mass is 16.5. The monoisotopic (exact) mass is 199 g/mol. The second-order valence-corrected chi connectivity index (χ2v) is 4.45. The Labute approximate surface area is 86.2 Å². The van der Waals surface area contributed by atoms with Crippen molar-refractivity contribution in [1.29, 1.82) is 0 Å². The molecule has 1 saturated heterocycles. The van der Waals surface area contributed by atoms with Crippen molar-refractivity contribution in [3.63, 3.8) is 0 Å². The third-order valence-electron chi connectivity index (χ3n) is 2.93. The van der Waals surface area contributed by atoms with Crippen molar-refractivity contribution in [3.8, 4) is 0 Å². The molecule has 2 aliphatic rings. The first-order valence-electron chi connectivity index (χ1n) is 5.81. The fourth-order valence-electron chi connectivity index (χ4n) is 1.74. The molecule has 1 aliphatic carbocycles. The molecule has 0 aromatic rings. The second-order valence-electron chi connectivity index (χ2n) is 4.45. The summed E-state index contributed by atoms with van der Waals surface area (Å²) < 4.78 is 10.9. The number of ether oxygens (including phenoxy) is 2. The second kappa shape index (κ2) is 5.69. The highest BCUT2D eigenvalue weighted by molar-refractivity contribution is 4.74. The maximum atomic E-state index is 5.58. The molecule has 3 heteroatoms. The lowest BCUT2D eigenvalue weighted by molar-refractivity contribution is 0.0913. The van der Waals surface area contributed by atoms with E-state index in [-0.39, 0.29) is 0 Å². The molecule has 0 aromatic carbocycles. The normalized spacial score (nSPS) is 27.0. The van der Waals surface area contributed by atoms with E-state index >= 15 is 0 Å². The molecule has 0 aromatic heterocycles. The van der Waals surface area contributed by atoms with Gasteiger partial charge in [0.15, 0.2) is 0 Å². The first-order valence-corrected chi connectivity index (χ1v) is 5.81. The average molecular weight is 199 g/mol. The van der Waals surface area contributed by atoms with E-state index in [1.807, 2.05) is 0 Å². The predicted molar refractivity (Wildman–Crippen MR) is 55.3 cm³/mol. The van der Waals surface area contributed by atoms with Gasteiger partial charge < -0.3 is 14.8 Å². The quantitative estimate of drug-likeness (QED) is 0.621. The maximum absolute atomic E-state index is 5.58. The molecule has 2 rings (SSSR count). The van der Waals surface area contributed by atoms with Gasteiger partial charge in [-0.3, -0.25) is 0 Å². The van der Waals surface area contributed by atoms with Gasteiger partial charge in [-0.1, -0.05) is 0 Å². The average Bonchev–Trinajstić information content (AvgIpc) is 2.87. The van der Waals surface area contributed by atoms with Crippen molar-refractivity contribution in [2.24, 2.45) is 11.8 Å². The van der Waals surface area contributed by atoms with Gasteiger partial charge in [0.05, 0.1) is 19.8 Å². The van der Waals surface area contributed by atoms with Gasteiger partial charge in [-0.15, -0.1) is 0 Å². The SMILES string of the molecule is C(COCC1CCOC1)NCC1CC1.